The van der Waals surface area contributed by atoms with Gasteiger partial charge in [-0.15, -0.1) is 0 Å². The van der Waals surface area contributed by atoms with Crippen molar-refractivity contribution in [2.24, 2.45) is 4.99 Å². The Kier molecular flexibility index (Phi) is 12.6. The van der Waals surface area contributed by atoms with E-state index < -0.39 is 5.67 Å². The van der Waals surface area contributed by atoms with E-state index in [1.54, 1.807) is 19.1 Å². The summed E-state index contributed by atoms with van der Waals surface area (Å²) in [6.07, 6.45) is 4.09. The van der Waals surface area contributed by atoms with Crippen LogP contribution in [0.25, 0.3) is 5.57 Å². The van der Waals surface area contributed by atoms with Crippen LogP contribution in [-0.4, -0.2) is 17.0 Å². The van der Waals surface area contributed by atoms with Gasteiger partial charge in [0, 0.05) is 6.21 Å². The molecule has 0 aliphatic heterocycles. The molecule has 3 heteroatoms. The topological polar surface area (TPSA) is 32.6 Å². The number of allylic oxidation sites excluding steroid dienone is 1. The van der Waals surface area contributed by atoms with Crippen LogP contribution in [0, 0.1) is 13.8 Å². The Morgan fingerprint density at radius 3 is 2.21 bits per heavy atom. The number of halogens is 1. The molecule has 2 aromatic rings. The van der Waals surface area contributed by atoms with Gasteiger partial charge < -0.3 is 5.11 Å². The summed E-state index contributed by atoms with van der Waals surface area (Å²) in [5, 5.41) is 8.81. The van der Waals surface area contributed by atoms with Gasteiger partial charge in [-0.05, 0) is 82.3 Å². The van der Waals surface area contributed by atoms with Crippen LogP contribution in [0.5, 0.6) is 5.75 Å². The lowest BCUT2D eigenvalue weighted by molar-refractivity contribution is 0.167. The molecule has 1 unspecified atom stereocenters. The van der Waals surface area contributed by atoms with Crippen molar-refractivity contribution >= 4 is 17.5 Å². The van der Waals surface area contributed by atoms with Gasteiger partial charge in [0.15, 0.2) is 0 Å². The molecule has 160 valence electrons. The lowest BCUT2D eigenvalue weighted by Gasteiger charge is -2.15. The van der Waals surface area contributed by atoms with Gasteiger partial charge >= 0.3 is 0 Å². The van der Waals surface area contributed by atoms with Crippen LogP contribution >= 0.6 is 0 Å². The molecule has 0 aliphatic carbocycles. The quantitative estimate of drug-likeness (QED) is 0.503. The number of nitrogens with zero attached hydrogens (tertiary/aromatic N) is 1. The zero-order valence-electron chi connectivity index (χ0n) is 19.2. The first kappa shape index (κ1) is 26.6. The molecule has 29 heavy (non-hydrogen) atoms. The molecule has 0 amide bonds. The van der Waals surface area contributed by atoms with E-state index in [1.165, 1.54) is 5.56 Å². The number of hydrogen-bond donors (Lipinski definition) is 1. The molecule has 0 aliphatic rings. The van der Waals surface area contributed by atoms with Crippen LogP contribution < -0.4 is 0 Å². The summed E-state index contributed by atoms with van der Waals surface area (Å²) in [6, 6.07) is 13.4. The maximum absolute atomic E-state index is 12.8. The van der Waals surface area contributed by atoms with Gasteiger partial charge in [0.25, 0.3) is 0 Å². The van der Waals surface area contributed by atoms with Gasteiger partial charge in [-0.2, -0.15) is 0 Å². The summed E-state index contributed by atoms with van der Waals surface area (Å²) in [4.78, 5) is 4.28. The smallest absolute Gasteiger partial charge is 0.115 e. The van der Waals surface area contributed by atoms with Crippen LogP contribution in [-0.2, 0) is 0 Å². The third kappa shape index (κ3) is 11.9. The Hall–Kier alpha value is -2.42. The summed E-state index contributed by atoms with van der Waals surface area (Å²) >= 11 is 0. The minimum absolute atomic E-state index is 0.338. The maximum atomic E-state index is 12.8. The van der Waals surface area contributed by atoms with Crippen molar-refractivity contribution < 1.29 is 9.50 Å². The van der Waals surface area contributed by atoms with Crippen LogP contribution in [0.2, 0.25) is 0 Å². The third-order valence-corrected chi connectivity index (χ3v) is 4.48. The number of aryl methyl sites for hydroxylation is 2. The Morgan fingerprint density at radius 2 is 1.83 bits per heavy atom. The zero-order chi connectivity index (χ0) is 22.4. The number of alkyl halides is 1. The molecular formula is C26H38FNO. The first-order valence-electron chi connectivity index (χ1n) is 10.3. The van der Waals surface area contributed by atoms with Crippen molar-refractivity contribution in [2.45, 2.75) is 73.4 Å². The number of benzene rings is 2. The van der Waals surface area contributed by atoms with Gasteiger partial charge in [0.05, 0.1) is 5.69 Å². The van der Waals surface area contributed by atoms with Crippen molar-refractivity contribution in [3.63, 3.8) is 0 Å². The van der Waals surface area contributed by atoms with Crippen molar-refractivity contribution in [3.8, 4) is 5.75 Å². The lowest BCUT2D eigenvalue weighted by Crippen LogP contribution is -2.14. The molecule has 2 nitrogen and oxygen atoms in total. The number of aliphatic imine (C=N–C) groups is 1. The average Bonchev–Trinajstić information content (AvgIpc) is 2.64. The second-order valence-electron chi connectivity index (χ2n) is 7.52. The first-order valence-corrected chi connectivity index (χ1v) is 10.3. The molecule has 0 radical (unpaired) electrons. The summed E-state index contributed by atoms with van der Waals surface area (Å²) in [7, 11) is 0. The highest BCUT2D eigenvalue weighted by molar-refractivity contribution is 5.69. The number of aromatic hydroxyl groups is 1. The van der Waals surface area contributed by atoms with E-state index in [4.69, 9.17) is 5.11 Å². The third-order valence-electron chi connectivity index (χ3n) is 4.48. The highest BCUT2D eigenvalue weighted by atomic mass is 19.1. The molecule has 2 aromatic carbocycles. The second kappa shape index (κ2) is 13.7. The van der Waals surface area contributed by atoms with Crippen molar-refractivity contribution in [2.75, 3.05) is 0 Å². The van der Waals surface area contributed by atoms with Crippen molar-refractivity contribution in [1.29, 1.82) is 0 Å². The number of hydrogen-bond acceptors (Lipinski definition) is 2. The Balaban J connectivity index is 0.000000427. The summed E-state index contributed by atoms with van der Waals surface area (Å²) < 4.78 is 12.8. The van der Waals surface area contributed by atoms with E-state index in [9.17, 15) is 4.39 Å². The molecule has 0 spiro atoms. The van der Waals surface area contributed by atoms with Crippen LogP contribution in [0.3, 0.4) is 0 Å². The Labute approximate surface area is 177 Å². The van der Waals surface area contributed by atoms with Gasteiger partial charge in [-0.25, -0.2) is 4.39 Å². The van der Waals surface area contributed by atoms with Gasteiger partial charge in [-0.3, -0.25) is 4.99 Å². The molecule has 0 bridgehead atoms. The molecule has 1 atom stereocenters. The molecule has 0 saturated heterocycles. The van der Waals surface area contributed by atoms with E-state index in [1.807, 2.05) is 53.0 Å². The predicted octanol–water partition coefficient (Wildman–Crippen LogP) is 8.38. The SMILES string of the molecule is C=C(C)c1ccc(C)c(N=CC)c1.CCCC(C)(F)CC.Cc1cccc(O)c1. The highest BCUT2D eigenvalue weighted by Crippen LogP contribution is 2.23. The van der Waals surface area contributed by atoms with E-state index in [2.05, 4.69) is 36.7 Å². The van der Waals surface area contributed by atoms with Crippen LogP contribution in [0.4, 0.5) is 10.1 Å². The average molecular weight is 400 g/mol. The van der Waals surface area contributed by atoms with Gasteiger partial charge in [0.1, 0.15) is 11.4 Å². The minimum Gasteiger partial charge on any atom is -0.508 e. The van der Waals surface area contributed by atoms with E-state index in [0.29, 0.717) is 18.6 Å². The molecule has 2 rings (SSSR count). The van der Waals surface area contributed by atoms with Crippen molar-refractivity contribution in [3.05, 3.63) is 65.7 Å². The molecule has 0 aromatic heterocycles. The predicted molar refractivity (Wildman–Crippen MR) is 127 cm³/mol. The Bertz CT molecular complexity index is 761. The van der Waals surface area contributed by atoms with Gasteiger partial charge in [0.2, 0.25) is 0 Å². The molecule has 0 heterocycles. The fourth-order valence-electron chi connectivity index (χ4n) is 2.48. The standard InChI is InChI=1S/C12H15N.C7H15F.C7H8O/c1-5-13-12-8-11(9(2)3)7-6-10(12)4;1-4-6-7(3,8)5-2;1-6-3-2-4-7(8)5-6/h5-8H,2H2,1,3-4H3;4-6H2,1-3H3;2-5,8H,1H3. The monoisotopic (exact) mass is 399 g/mol. The summed E-state index contributed by atoms with van der Waals surface area (Å²) in [5.41, 5.74) is 4.64. The number of phenols is 1. The maximum Gasteiger partial charge on any atom is 0.115 e. The van der Waals surface area contributed by atoms with E-state index in [-0.39, 0.29) is 0 Å². The van der Waals surface area contributed by atoms with Crippen LogP contribution in [0.15, 0.2) is 54.0 Å². The Morgan fingerprint density at radius 1 is 1.17 bits per heavy atom. The first-order chi connectivity index (χ1) is 13.6. The van der Waals surface area contributed by atoms with E-state index in [0.717, 1.165) is 28.8 Å². The zero-order valence-corrected chi connectivity index (χ0v) is 19.2. The largest absolute Gasteiger partial charge is 0.508 e. The van der Waals surface area contributed by atoms with Crippen LogP contribution in [0.1, 0.15) is 70.6 Å². The number of rotatable bonds is 5. The fraction of sp³-hybridized carbons (Fsp3) is 0.423. The molecule has 1 N–H and O–H groups in total. The fourth-order valence-corrected chi connectivity index (χ4v) is 2.48. The van der Waals surface area contributed by atoms with Gasteiger partial charge in [-0.1, -0.05) is 56.7 Å². The lowest BCUT2D eigenvalue weighted by atomic mass is 10.0. The number of phenolic OH excluding ortho intramolecular Hbond substituents is 1. The normalized spacial score (nSPS) is 12.3. The summed E-state index contributed by atoms with van der Waals surface area (Å²) in [6.45, 7) is 17.4. The summed E-state index contributed by atoms with van der Waals surface area (Å²) in [5.74, 6) is 0.338. The van der Waals surface area contributed by atoms with E-state index >= 15 is 0 Å². The highest BCUT2D eigenvalue weighted by Gasteiger charge is 2.17. The minimum atomic E-state index is -0.908. The molecule has 0 saturated carbocycles. The second-order valence-corrected chi connectivity index (χ2v) is 7.52. The van der Waals surface area contributed by atoms with Crippen molar-refractivity contribution in [1.82, 2.24) is 0 Å². The molecule has 0 fully saturated rings. The molecular weight excluding hydrogens is 361 g/mol.